The van der Waals surface area contributed by atoms with Gasteiger partial charge in [0.25, 0.3) is 5.91 Å². The number of hydrogen-bond donors (Lipinski definition) is 0. The summed E-state index contributed by atoms with van der Waals surface area (Å²) < 4.78 is 11.1. The maximum absolute atomic E-state index is 12.9. The SMILES string of the molecule is CO[C@H]1C[C@@H](CN2CCCC2)N(C(=O)c2oc(C)cc2C)C1. The summed E-state index contributed by atoms with van der Waals surface area (Å²) in [6.07, 6.45) is 3.58. The largest absolute Gasteiger partial charge is 0.456 e. The van der Waals surface area contributed by atoms with Crippen molar-refractivity contribution >= 4 is 5.91 Å². The van der Waals surface area contributed by atoms with Gasteiger partial charge in [-0.1, -0.05) is 0 Å². The zero-order chi connectivity index (χ0) is 15.7. The maximum Gasteiger partial charge on any atom is 0.290 e. The van der Waals surface area contributed by atoms with Gasteiger partial charge in [0.1, 0.15) is 5.76 Å². The molecule has 0 unspecified atom stereocenters. The van der Waals surface area contributed by atoms with E-state index in [0.717, 1.165) is 37.4 Å². The standard InChI is InChI=1S/C17H26N2O3/c1-12-8-13(2)22-16(12)17(20)19-11-15(21-3)9-14(19)10-18-6-4-5-7-18/h8,14-15H,4-7,9-11H2,1-3H3/t14-,15-/m0/s1. The van der Waals surface area contributed by atoms with E-state index in [1.54, 1.807) is 7.11 Å². The van der Waals surface area contributed by atoms with Crippen molar-refractivity contribution in [1.82, 2.24) is 9.80 Å². The Morgan fingerprint density at radius 1 is 1.36 bits per heavy atom. The molecule has 0 bridgehead atoms. The summed E-state index contributed by atoms with van der Waals surface area (Å²) in [5.74, 6) is 1.29. The van der Waals surface area contributed by atoms with Gasteiger partial charge in [-0.15, -0.1) is 0 Å². The van der Waals surface area contributed by atoms with Crippen molar-refractivity contribution in [3.05, 3.63) is 23.2 Å². The molecule has 0 radical (unpaired) electrons. The highest BCUT2D eigenvalue weighted by Crippen LogP contribution is 2.26. The van der Waals surface area contributed by atoms with Crippen molar-refractivity contribution in [3.8, 4) is 0 Å². The van der Waals surface area contributed by atoms with E-state index in [2.05, 4.69) is 4.90 Å². The average Bonchev–Trinajstić information content (AvgIpc) is 3.19. The lowest BCUT2D eigenvalue weighted by Gasteiger charge is -2.27. The topological polar surface area (TPSA) is 45.9 Å². The lowest BCUT2D eigenvalue weighted by Crippen LogP contribution is -2.42. The van der Waals surface area contributed by atoms with Crippen LogP contribution in [0.3, 0.4) is 0 Å². The molecule has 1 aromatic rings. The van der Waals surface area contributed by atoms with Crippen LogP contribution in [0.15, 0.2) is 10.5 Å². The Morgan fingerprint density at radius 3 is 2.68 bits per heavy atom. The van der Waals surface area contributed by atoms with E-state index in [9.17, 15) is 4.79 Å². The van der Waals surface area contributed by atoms with Crippen LogP contribution in [0.25, 0.3) is 0 Å². The first kappa shape index (κ1) is 15.6. The number of carbonyl (C=O) groups is 1. The van der Waals surface area contributed by atoms with Crippen LogP contribution in [-0.2, 0) is 4.74 Å². The Labute approximate surface area is 132 Å². The van der Waals surface area contributed by atoms with E-state index in [1.165, 1.54) is 12.8 Å². The van der Waals surface area contributed by atoms with E-state index in [1.807, 2.05) is 24.8 Å². The normalized spacial score (nSPS) is 26.0. The number of likely N-dealkylation sites (tertiary alicyclic amines) is 2. The average molecular weight is 306 g/mol. The fourth-order valence-corrected chi connectivity index (χ4v) is 3.71. The molecule has 2 aliphatic heterocycles. The molecule has 2 aliphatic rings. The van der Waals surface area contributed by atoms with Gasteiger partial charge in [0.2, 0.25) is 0 Å². The van der Waals surface area contributed by atoms with Gasteiger partial charge in [0.05, 0.1) is 6.10 Å². The number of amides is 1. The van der Waals surface area contributed by atoms with Crippen molar-refractivity contribution in [1.29, 1.82) is 0 Å². The highest BCUT2D eigenvalue weighted by atomic mass is 16.5. The van der Waals surface area contributed by atoms with Gasteiger partial charge in [-0.3, -0.25) is 4.79 Å². The summed E-state index contributed by atoms with van der Waals surface area (Å²) in [4.78, 5) is 17.3. The van der Waals surface area contributed by atoms with Crippen LogP contribution in [0.4, 0.5) is 0 Å². The van der Waals surface area contributed by atoms with Crippen LogP contribution in [-0.4, -0.2) is 61.1 Å². The zero-order valence-corrected chi connectivity index (χ0v) is 13.8. The summed E-state index contributed by atoms with van der Waals surface area (Å²) in [7, 11) is 1.73. The summed E-state index contributed by atoms with van der Waals surface area (Å²) in [5, 5.41) is 0. The van der Waals surface area contributed by atoms with Gasteiger partial charge in [-0.05, 0) is 52.3 Å². The Morgan fingerprint density at radius 2 is 2.09 bits per heavy atom. The number of nitrogens with zero attached hydrogens (tertiary/aromatic N) is 2. The van der Waals surface area contributed by atoms with Crippen LogP contribution in [0.2, 0.25) is 0 Å². The molecular formula is C17H26N2O3. The minimum atomic E-state index is 0.00865. The van der Waals surface area contributed by atoms with Crippen LogP contribution >= 0.6 is 0 Å². The molecule has 2 atom stereocenters. The third-order valence-corrected chi connectivity index (χ3v) is 4.87. The van der Waals surface area contributed by atoms with E-state index >= 15 is 0 Å². The second kappa shape index (κ2) is 6.42. The third kappa shape index (κ3) is 3.06. The second-order valence-corrected chi connectivity index (χ2v) is 6.58. The molecule has 1 aromatic heterocycles. The van der Waals surface area contributed by atoms with Crippen molar-refractivity contribution in [2.75, 3.05) is 33.3 Å². The predicted octanol–water partition coefficient (Wildman–Crippen LogP) is 2.22. The third-order valence-electron chi connectivity index (χ3n) is 4.87. The molecule has 0 spiro atoms. The number of carbonyl (C=O) groups excluding carboxylic acids is 1. The number of ether oxygens (including phenoxy) is 1. The lowest BCUT2D eigenvalue weighted by molar-refractivity contribution is 0.0637. The van der Waals surface area contributed by atoms with E-state index in [-0.39, 0.29) is 18.1 Å². The van der Waals surface area contributed by atoms with Crippen molar-refractivity contribution in [3.63, 3.8) is 0 Å². The summed E-state index contributed by atoms with van der Waals surface area (Å²) >= 11 is 0. The van der Waals surface area contributed by atoms with Gasteiger partial charge in [0.15, 0.2) is 5.76 Å². The highest BCUT2D eigenvalue weighted by molar-refractivity contribution is 5.93. The molecule has 2 saturated heterocycles. The van der Waals surface area contributed by atoms with Crippen LogP contribution in [0, 0.1) is 13.8 Å². The summed E-state index contributed by atoms with van der Waals surface area (Å²) in [6, 6.07) is 2.15. The lowest BCUT2D eigenvalue weighted by atomic mass is 10.1. The fourth-order valence-electron chi connectivity index (χ4n) is 3.71. The molecule has 22 heavy (non-hydrogen) atoms. The number of rotatable bonds is 4. The molecule has 0 N–H and O–H groups in total. The van der Waals surface area contributed by atoms with E-state index < -0.39 is 0 Å². The fraction of sp³-hybridized carbons (Fsp3) is 0.706. The van der Waals surface area contributed by atoms with Gasteiger partial charge in [0, 0.05) is 31.8 Å². The highest BCUT2D eigenvalue weighted by Gasteiger charge is 2.38. The van der Waals surface area contributed by atoms with Crippen LogP contribution in [0.1, 0.15) is 41.1 Å². The molecule has 5 heteroatoms. The Kier molecular flexibility index (Phi) is 4.54. The quantitative estimate of drug-likeness (QED) is 0.856. The summed E-state index contributed by atoms with van der Waals surface area (Å²) in [5.41, 5.74) is 0.920. The second-order valence-electron chi connectivity index (χ2n) is 6.58. The molecule has 3 heterocycles. The monoisotopic (exact) mass is 306 g/mol. The van der Waals surface area contributed by atoms with Crippen molar-refractivity contribution in [2.24, 2.45) is 0 Å². The first-order valence-corrected chi connectivity index (χ1v) is 8.21. The molecule has 5 nitrogen and oxygen atoms in total. The first-order chi connectivity index (χ1) is 10.6. The smallest absolute Gasteiger partial charge is 0.290 e. The van der Waals surface area contributed by atoms with Gasteiger partial charge < -0.3 is 19.0 Å². The van der Waals surface area contributed by atoms with Crippen molar-refractivity contribution < 1.29 is 13.9 Å². The number of aryl methyl sites for hydroxylation is 2. The first-order valence-electron chi connectivity index (χ1n) is 8.21. The number of furan rings is 1. The minimum absolute atomic E-state index is 0.00865. The van der Waals surface area contributed by atoms with Gasteiger partial charge >= 0.3 is 0 Å². The molecule has 2 fully saturated rings. The van der Waals surface area contributed by atoms with Gasteiger partial charge in [-0.2, -0.15) is 0 Å². The number of hydrogen-bond acceptors (Lipinski definition) is 4. The van der Waals surface area contributed by atoms with E-state index in [0.29, 0.717) is 12.3 Å². The Hall–Kier alpha value is -1.33. The number of methoxy groups -OCH3 is 1. The molecule has 3 rings (SSSR count). The molecular weight excluding hydrogens is 280 g/mol. The maximum atomic E-state index is 12.9. The molecule has 122 valence electrons. The van der Waals surface area contributed by atoms with Crippen molar-refractivity contribution in [2.45, 2.75) is 45.3 Å². The van der Waals surface area contributed by atoms with Crippen LogP contribution < -0.4 is 0 Å². The van der Waals surface area contributed by atoms with Crippen LogP contribution in [0.5, 0.6) is 0 Å². The minimum Gasteiger partial charge on any atom is -0.456 e. The molecule has 0 saturated carbocycles. The van der Waals surface area contributed by atoms with Gasteiger partial charge in [-0.25, -0.2) is 0 Å². The Balaban J connectivity index is 1.75. The predicted molar refractivity (Wildman–Crippen MR) is 84.1 cm³/mol. The molecule has 0 aromatic carbocycles. The molecule has 0 aliphatic carbocycles. The Bertz CT molecular complexity index is 534. The zero-order valence-electron chi connectivity index (χ0n) is 13.8. The van der Waals surface area contributed by atoms with E-state index in [4.69, 9.17) is 9.15 Å². The summed E-state index contributed by atoms with van der Waals surface area (Å²) in [6.45, 7) is 7.72. The molecule has 1 amide bonds.